The van der Waals surface area contributed by atoms with Gasteiger partial charge in [0.05, 0.1) is 6.04 Å². The standard InChI is InChI=1S/C15H31N3O/c1-5-8-17(4)10-13-7-9-18(11-13)15(19)14(16)12(3)6-2/h12-14H,5-11,16H2,1-4H3. The summed E-state index contributed by atoms with van der Waals surface area (Å²) in [5.74, 6) is 1.04. The summed E-state index contributed by atoms with van der Waals surface area (Å²) in [6.07, 6.45) is 3.27. The molecule has 0 radical (unpaired) electrons. The zero-order chi connectivity index (χ0) is 14.4. The van der Waals surface area contributed by atoms with Crippen molar-refractivity contribution in [1.29, 1.82) is 0 Å². The van der Waals surface area contributed by atoms with Gasteiger partial charge in [-0.15, -0.1) is 0 Å². The molecule has 0 aromatic rings. The first-order chi connectivity index (χ1) is 8.99. The summed E-state index contributed by atoms with van der Waals surface area (Å²) in [5, 5.41) is 0. The number of nitrogens with two attached hydrogens (primary N) is 1. The molecule has 0 spiro atoms. The lowest BCUT2D eigenvalue weighted by Gasteiger charge is -2.25. The van der Waals surface area contributed by atoms with Gasteiger partial charge in [0.2, 0.25) is 5.91 Å². The Kier molecular flexibility index (Phi) is 6.80. The van der Waals surface area contributed by atoms with Crippen molar-refractivity contribution in [1.82, 2.24) is 9.80 Å². The number of nitrogens with zero attached hydrogens (tertiary/aromatic N) is 2. The van der Waals surface area contributed by atoms with Crippen LogP contribution < -0.4 is 5.73 Å². The molecule has 0 bridgehead atoms. The lowest BCUT2D eigenvalue weighted by Crippen LogP contribution is -2.46. The molecule has 1 rings (SSSR count). The zero-order valence-electron chi connectivity index (χ0n) is 13.1. The molecule has 3 unspecified atom stereocenters. The summed E-state index contributed by atoms with van der Waals surface area (Å²) in [6, 6.07) is -0.322. The van der Waals surface area contributed by atoms with Gasteiger partial charge in [-0.2, -0.15) is 0 Å². The Balaban J connectivity index is 2.41. The molecule has 4 heteroatoms. The third-order valence-electron chi connectivity index (χ3n) is 4.31. The molecule has 1 heterocycles. The van der Waals surface area contributed by atoms with Crippen LogP contribution >= 0.6 is 0 Å². The van der Waals surface area contributed by atoms with Crippen LogP contribution in [0.4, 0.5) is 0 Å². The number of carbonyl (C=O) groups excluding carboxylic acids is 1. The maximum Gasteiger partial charge on any atom is 0.239 e. The Hall–Kier alpha value is -0.610. The minimum absolute atomic E-state index is 0.148. The van der Waals surface area contributed by atoms with E-state index < -0.39 is 0 Å². The third kappa shape index (κ3) is 4.77. The summed E-state index contributed by atoms with van der Waals surface area (Å²) >= 11 is 0. The van der Waals surface area contributed by atoms with Gasteiger partial charge in [-0.1, -0.05) is 27.2 Å². The van der Waals surface area contributed by atoms with Crippen molar-refractivity contribution in [2.75, 3.05) is 33.2 Å². The largest absolute Gasteiger partial charge is 0.341 e. The molecular formula is C15H31N3O. The van der Waals surface area contributed by atoms with E-state index in [0.29, 0.717) is 5.92 Å². The smallest absolute Gasteiger partial charge is 0.239 e. The zero-order valence-corrected chi connectivity index (χ0v) is 13.1. The van der Waals surface area contributed by atoms with Gasteiger partial charge in [0.25, 0.3) is 0 Å². The molecule has 19 heavy (non-hydrogen) atoms. The van der Waals surface area contributed by atoms with Crippen LogP contribution in [0.3, 0.4) is 0 Å². The van der Waals surface area contributed by atoms with Gasteiger partial charge in [0.15, 0.2) is 0 Å². The Morgan fingerprint density at radius 1 is 1.47 bits per heavy atom. The maximum absolute atomic E-state index is 12.3. The van der Waals surface area contributed by atoms with Crippen LogP contribution in [-0.2, 0) is 4.79 Å². The number of likely N-dealkylation sites (tertiary alicyclic amines) is 1. The number of hydrogen-bond donors (Lipinski definition) is 1. The lowest BCUT2D eigenvalue weighted by molar-refractivity contribution is -0.132. The number of rotatable bonds is 7. The molecule has 0 aliphatic carbocycles. The maximum atomic E-state index is 12.3. The van der Waals surface area contributed by atoms with Gasteiger partial charge in [-0.25, -0.2) is 0 Å². The molecule has 0 aromatic heterocycles. The second-order valence-corrected chi connectivity index (χ2v) is 6.11. The molecule has 1 aliphatic rings. The molecule has 2 N–H and O–H groups in total. The highest BCUT2D eigenvalue weighted by molar-refractivity contribution is 5.82. The molecule has 4 nitrogen and oxygen atoms in total. The van der Waals surface area contributed by atoms with E-state index in [1.807, 2.05) is 4.90 Å². The number of hydrogen-bond acceptors (Lipinski definition) is 3. The summed E-state index contributed by atoms with van der Waals surface area (Å²) in [5.41, 5.74) is 6.04. The predicted octanol–water partition coefficient (Wildman–Crippen LogP) is 1.55. The molecular weight excluding hydrogens is 238 g/mol. The number of carbonyl (C=O) groups is 1. The van der Waals surface area contributed by atoms with E-state index in [0.717, 1.165) is 39.0 Å². The fraction of sp³-hybridized carbons (Fsp3) is 0.933. The molecule has 0 aromatic carbocycles. The molecule has 1 fully saturated rings. The van der Waals surface area contributed by atoms with E-state index in [1.54, 1.807) is 0 Å². The first kappa shape index (κ1) is 16.4. The van der Waals surface area contributed by atoms with Gasteiger partial charge in [0, 0.05) is 19.6 Å². The second kappa shape index (κ2) is 7.85. The van der Waals surface area contributed by atoms with Crippen molar-refractivity contribution in [3.8, 4) is 0 Å². The lowest BCUT2D eigenvalue weighted by atomic mass is 9.99. The Labute approximate surface area is 118 Å². The van der Waals surface area contributed by atoms with Crippen LogP contribution in [0.2, 0.25) is 0 Å². The second-order valence-electron chi connectivity index (χ2n) is 6.11. The Bertz CT molecular complexity index is 283. The minimum Gasteiger partial charge on any atom is -0.341 e. The molecule has 3 atom stereocenters. The average Bonchev–Trinajstić information content (AvgIpc) is 2.84. The van der Waals surface area contributed by atoms with Crippen molar-refractivity contribution >= 4 is 5.91 Å². The topological polar surface area (TPSA) is 49.6 Å². The fourth-order valence-electron chi connectivity index (χ4n) is 2.80. The van der Waals surface area contributed by atoms with E-state index in [-0.39, 0.29) is 17.9 Å². The molecule has 1 saturated heterocycles. The monoisotopic (exact) mass is 269 g/mol. The highest BCUT2D eigenvalue weighted by atomic mass is 16.2. The summed E-state index contributed by atoms with van der Waals surface area (Å²) in [6.45, 7) is 10.3. The van der Waals surface area contributed by atoms with Crippen LogP contribution in [0.15, 0.2) is 0 Å². The van der Waals surface area contributed by atoms with Gasteiger partial charge >= 0.3 is 0 Å². The summed E-state index contributed by atoms with van der Waals surface area (Å²) in [4.78, 5) is 16.6. The summed E-state index contributed by atoms with van der Waals surface area (Å²) in [7, 11) is 2.17. The Morgan fingerprint density at radius 2 is 2.16 bits per heavy atom. The molecule has 112 valence electrons. The van der Waals surface area contributed by atoms with Gasteiger partial charge in [0.1, 0.15) is 0 Å². The first-order valence-electron chi connectivity index (χ1n) is 7.72. The summed E-state index contributed by atoms with van der Waals surface area (Å²) < 4.78 is 0. The van der Waals surface area contributed by atoms with Crippen LogP contribution in [0.5, 0.6) is 0 Å². The van der Waals surface area contributed by atoms with Crippen LogP contribution in [0.25, 0.3) is 0 Å². The van der Waals surface area contributed by atoms with E-state index >= 15 is 0 Å². The van der Waals surface area contributed by atoms with Crippen molar-refractivity contribution in [3.63, 3.8) is 0 Å². The van der Waals surface area contributed by atoms with Crippen molar-refractivity contribution in [2.24, 2.45) is 17.6 Å². The third-order valence-corrected chi connectivity index (χ3v) is 4.31. The average molecular weight is 269 g/mol. The van der Waals surface area contributed by atoms with Crippen LogP contribution in [0.1, 0.15) is 40.0 Å². The minimum atomic E-state index is -0.322. The van der Waals surface area contributed by atoms with E-state index in [2.05, 4.69) is 32.7 Å². The number of amides is 1. The van der Waals surface area contributed by atoms with Crippen molar-refractivity contribution in [2.45, 2.75) is 46.1 Å². The van der Waals surface area contributed by atoms with Gasteiger partial charge in [-0.05, 0) is 38.3 Å². The molecule has 0 saturated carbocycles. The normalized spacial score (nSPS) is 22.8. The fourth-order valence-corrected chi connectivity index (χ4v) is 2.80. The first-order valence-corrected chi connectivity index (χ1v) is 7.72. The molecule has 1 amide bonds. The van der Waals surface area contributed by atoms with Crippen molar-refractivity contribution < 1.29 is 4.79 Å². The highest BCUT2D eigenvalue weighted by Gasteiger charge is 2.31. The van der Waals surface area contributed by atoms with Gasteiger partial charge < -0.3 is 15.5 Å². The quantitative estimate of drug-likeness (QED) is 0.763. The Morgan fingerprint density at radius 3 is 2.74 bits per heavy atom. The highest BCUT2D eigenvalue weighted by Crippen LogP contribution is 2.19. The predicted molar refractivity (Wildman–Crippen MR) is 79.9 cm³/mol. The van der Waals surface area contributed by atoms with E-state index in [9.17, 15) is 4.79 Å². The van der Waals surface area contributed by atoms with E-state index in [1.165, 1.54) is 6.42 Å². The van der Waals surface area contributed by atoms with Gasteiger partial charge in [-0.3, -0.25) is 4.79 Å². The molecule has 1 aliphatic heterocycles. The van der Waals surface area contributed by atoms with Crippen LogP contribution in [-0.4, -0.2) is 55.0 Å². The van der Waals surface area contributed by atoms with Crippen molar-refractivity contribution in [3.05, 3.63) is 0 Å². The van der Waals surface area contributed by atoms with E-state index in [4.69, 9.17) is 5.73 Å². The SMILES string of the molecule is CCCN(C)CC1CCN(C(=O)C(N)C(C)CC)C1. The van der Waals surface area contributed by atoms with Crippen LogP contribution in [0, 0.1) is 11.8 Å².